The fourth-order valence-electron chi connectivity index (χ4n) is 3.41. The highest BCUT2D eigenvalue weighted by molar-refractivity contribution is 5.68. The number of para-hydroxylation sites is 1. The zero-order valence-electron chi connectivity index (χ0n) is 16.6. The van der Waals surface area contributed by atoms with E-state index in [9.17, 15) is 0 Å². The molecule has 2 aromatic carbocycles. The van der Waals surface area contributed by atoms with Crippen LogP contribution in [-0.4, -0.2) is 24.5 Å². The lowest BCUT2D eigenvalue weighted by Gasteiger charge is -2.14. The number of aromatic nitrogens is 5. The Kier molecular flexibility index (Phi) is 4.74. The molecule has 2 aromatic heterocycles. The lowest BCUT2D eigenvalue weighted by atomic mass is 10.1. The molecule has 140 valence electrons. The summed E-state index contributed by atoms with van der Waals surface area (Å²) in [5, 5.41) is 0. The highest BCUT2D eigenvalue weighted by Crippen LogP contribution is 2.28. The highest BCUT2D eigenvalue weighted by Gasteiger charge is 2.13. The number of hydrogen-bond acceptors (Lipinski definition) is 4. The molecule has 0 amide bonds. The summed E-state index contributed by atoms with van der Waals surface area (Å²) >= 11 is 0. The van der Waals surface area contributed by atoms with Gasteiger partial charge in [-0.05, 0) is 31.0 Å². The Morgan fingerprint density at radius 1 is 0.857 bits per heavy atom. The van der Waals surface area contributed by atoms with Crippen molar-refractivity contribution < 1.29 is 0 Å². The van der Waals surface area contributed by atoms with E-state index < -0.39 is 0 Å². The molecule has 0 fully saturated rings. The van der Waals surface area contributed by atoms with Crippen molar-refractivity contribution in [3.63, 3.8) is 0 Å². The number of rotatable bonds is 4. The summed E-state index contributed by atoms with van der Waals surface area (Å²) < 4.78 is 2.15. The van der Waals surface area contributed by atoms with Crippen molar-refractivity contribution in [2.24, 2.45) is 0 Å². The third kappa shape index (κ3) is 3.31. The average Bonchev–Trinajstić information content (AvgIpc) is 3.17. The summed E-state index contributed by atoms with van der Waals surface area (Å²) in [5.41, 5.74) is 5.58. The number of hydrogen-bond donors (Lipinski definition) is 0. The molecule has 0 N–H and O–H groups in total. The highest BCUT2D eigenvalue weighted by atomic mass is 15.1. The van der Waals surface area contributed by atoms with Gasteiger partial charge in [-0.3, -0.25) is 4.57 Å². The molecule has 2 heterocycles. The average molecular weight is 369 g/mol. The zero-order valence-corrected chi connectivity index (χ0v) is 16.6. The van der Waals surface area contributed by atoms with E-state index in [1.54, 1.807) is 6.33 Å². The van der Waals surface area contributed by atoms with Crippen LogP contribution in [-0.2, 0) is 0 Å². The maximum absolute atomic E-state index is 4.64. The Morgan fingerprint density at radius 3 is 2.32 bits per heavy atom. The van der Waals surface area contributed by atoms with Gasteiger partial charge in [0.05, 0.1) is 5.69 Å². The maximum Gasteiger partial charge on any atom is 0.163 e. The van der Waals surface area contributed by atoms with Gasteiger partial charge in [0.15, 0.2) is 5.82 Å². The third-order valence-corrected chi connectivity index (χ3v) is 4.81. The Morgan fingerprint density at radius 2 is 1.57 bits per heavy atom. The third-order valence-electron chi connectivity index (χ3n) is 4.81. The monoisotopic (exact) mass is 369 g/mol. The van der Waals surface area contributed by atoms with Crippen LogP contribution in [0.15, 0.2) is 61.2 Å². The second-order valence-corrected chi connectivity index (χ2v) is 7.26. The van der Waals surface area contributed by atoms with Crippen LogP contribution in [0.5, 0.6) is 0 Å². The number of nitrogens with zero attached hydrogens (tertiary/aromatic N) is 5. The van der Waals surface area contributed by atoms with Crippen molar-refractivity contribution in [3.8, 4) is 28.5 Å². The molecule has 0 spiro atoms. The van der Waals surface area contributed by atoms with Gasteiger partial charge in [0, 0.05) is 29.4 Å². The molecule has 4 rings (SSSR count). The first kappa shape index (κ1) is 18.0. The first-order valence-electron chi connectivity index (χ1n) is 9.44. The van der Waals surface area contributed by atoms with Gasteiger partial charge in [-0.15, -0.1) is 0 Å². The second-order valence-electron chi connectivity index (χ2n) is 7.26. The topological polar surface area (TPSA) is 56.5 Å². The van der Waals surface area contributed by atoms with Gasteiger partial charge in [0.1, 0.15) is 18.0 Å². The first-order chi connectivity index (χ1) is 13.5. The first-order valence-corrected chi connectivity index (χ1v) is 9.44. The van der Waals surface area contributed by atoms with Gasteiger partial charge in [0.2, 0.25) is 0 Å². The zero-order chi connectivity index (χ0) is 19.7. The minimum Gasteiger partial charge on any atom is -0.299 e. The molecule has 0 saturated heterocycles. The van der Waals surface area contributed by atoms with Crippen molar-refractivity contribution in [3.05, 3.63) is 78.1 Å². The van der Waals surface area contributed by atoms with Crippen molar-refractivity contribution in [1.29, 1.82) is 0 Å². The SMILES string of the molecule is Cc1cccc(C)c1-n1ccnc1-c1cccc(-c2ncnc(C(C)C)n2)c1. The van der Waals surface area contributed by atoms with Gasteiger partial charge >= 0.3 is 0 Å². The van der Waals surface area contributed by atoms with E-state index in [2.05, 4.69) is 82.5 Å². The lowest BCUT2D eigenvalue weighted by Crippen LogP contribution is -2.02. The molecule has 0 bridgehead atoms. The van der Waals surface area contributed by atoms with Gasteiger partial charge < -0.3 is 0 Å². The summed E-state index contributed by atoms with van der Waals surface area (Å²) in [6, 6.07) is 14.5. The van der Waals surface area contributed by atoms with Crippen molar-refractivity contribution in [2.75, 3.05) is 0 Å². The normalized spacial score (nSPS) is 11.2. The molecule has 0 unspecified atom stereocenters. The maximum atomic E-state index is 4.64. The number of benzene rings is 2. The molecule has 0 aliphatic rings. The molecule has 0 radical (unpaired) electrons. The van der Waals surface area contributed by atoms with E-state index in [1.165, 1.54) is 16.8 Å². The quantitative estimate of drug-likeness (QED) is 0.500. The van der Waals surface area contributed by atoms with Crippen molar-refractivity contribution >= 4 is 0 Å². The molecular weight excluding hydrogens is 346 g/mol. The Balaban J connectivity index is 1.80. The summed E-state index contributed by atoms with van der Waals surface area (Å²) in [5.74, 6) is 2.64. The van der Waals surface area contributed by atoms with Gasteiger partial charge in [-0.1, -0.05) is 50.2 Å². The summed E-state index contributed by atoms with van der Waals surface area (Å²) in [6.45, 7) is 8.41. The van der Waals surface area contributed by atoms with Crippen LogP contribution in [0.25, 0.3) is 28.5 Å². The Labute approximate surface area is 165 Å². The van der Waals surface area contributed by atoms with Crippen molar-refractivity contribution in [1.82, 2.24) is 24.5 Å². The predicted octanol–water partition coefficient (Wildman–Crippen LogP) is 5.13. The lowest BCUT2D eigenvalue weighted by molar-refractivity contribution is 0.762. The standard InChI is InChI=1S/C23H23N5/c1-15(2)21-25-14-26-22(27-21)18-9-6-10-19(13-18)23-24-11-12-28(23)20-16(3)7-5-8-17(20)4/h5-15H,1-4H3. The molecular formula is C23H23N5. The smallest absolute Gasteiger partial charge is 0.163 e. The van der Waals surface area contributed by atoms with Crippen LogP contribution in [0, 0.1) is 13.8 Å². The predicted molar refractivity (Wildman–Crippen MR) is 111 cm³/mol. The summed E-state index contributed by atoms with van der Waals surface area (Å²) in [4.78, 5) is 17.9. The molecule has 5 nitrogen and oxygen atoms in total. The van der Waals surface area contributed by atoms with Crippen LogP contribution in [0.2, 0.25) is 0 Å². The summed E-state index contributed by atoms with van der Waals surface area (Å²) in [6.07, 6.45) is 5.44. The molecule has 28 heavy (non-hydrogen) atoms. The molecule has 0 aliphatic carbocycles. The van der Waals surface area contributed by atoms with E-state index in [0.717, 1.165) is 22.8 Å². The second kappa shape index (κ2) is 7.35. The van der Waals surface area contributed by atoms with Gasteiger partial charge in [-0.2, -0.15) is 0 Å². The van der Waals surface area contributed by atoms with E-state index in [4.69, 9.17) is 0 Å². The van der Waals surface area contributed by atoms with E-state index in [1.807, 2.05) is 24.5 Å². The van der Waals surface area contributed by atoms with Crippen LogP contribution in [0.3, 0.4) is 0 Å². The Bertz CT molecular complexity index is 1110. The number of aryl methyl sites for hydroxylation is 2. The fourth-order valence-corrected chi connectivity index (χ4v) is 3.41. The van der Waals surface area contributed by atoms with Crippen LogP contribution in [0.1, 0.15) is 36.7 Å². The van der Waals surface area contributed by atoms with Crippen molar-refractivity contribution in [2.45, 2.75) is 33.6 Å². The van der Waals surface area contributed by atoms with Gasteiger partial charge in [-0.25, -0.2) is 19.9 Å². The van der Waals surface area contributed by atoms with E-state index >= 15 is 0 Å². The largest absolute Gasteiger partial charge is 0.299 e. The molecule has 0 atom stereocenters. The molecule has 4 aromatic rings. The van der Waals surface area contributed by atoms with Crippen LogP contribution in [0.4, 0.5) is 0 Å². The fraction of sp³-hybridized carbons (Fsp3) is 0.217. The van der Waals surface area contributed by atoms with E-state index in [0.29, 0.717) is 5.82 Å². The minimum absolute atomic E-state index is 0.257. The molecule has 5 heteroatoms. The van der Waals surface area contributed by atoms with Gasteiger partial charge in [0.25, 0.3) is 0 Å². The Hall–Kier alpha value is -3.34. The van der Waals surface area contributed by atoms with Crippen LogP contribution >= 0.6 is 0 Å². The van der Waals surface area contributed by atoms with Crippen LogP contribution < -0.4 is 0 Å². The number of imidazole rings is 1. The van der Waals surface area contributed by atoms with E-state index in [-0.39, 0.29) is 5.92 Å². The molecule has 0 aliphatic heterocycles. The minimum atomic E-state index is 0.257. The molecule has 0 saturated carbocycles. The summed E-state index contributed by atoms with van der Waals surface area (Å²) in [7, 11) is 0.